The summed E-state index contributed by atoms with van der Waals surface area (Å²) < 4.78 is 17.3. The zero-order valence-corrected chi connectivity index (χ0v) is 19.8. The zero-order valence-electron chi connectivity index (χ0n) is 19.8. The van der Waals surface area contributed by atoms with Crippen LogP contribution in [0.25, 0.3) is 0 Å². The Morgan fingerprint density at radius 3 is 2.48 bits per heavy atom. The van der Waals surface area contributed by atoms with E-state index in [1.54, 1.807) is 25.5 Å². The number of hydrogen-bond acceptors (Lipinski definition) is 4. The van der Waals surface area contributed by atoms with Gasteiger partial charge in [-0.3, -0.25) is 4.79 Å². The molecule has 1 saturated heterocycles. The minimum absolute atomic E-state index is 0.0923. The van der Waals surface area contributed by atoms with Crippen LogP contribution in [0.5, 0.6) is 5.75 Å². The number of amides is 1. The van der Waals surface area contributed by atoms with Crippen LogP contribution >= 0.6 is 0 Å². The zero-order chi connectivity index (χ0) is 23.3. The maximum atomic E-state index is 13.4. The van der Waals surface area contributed by atoms with Crippen LogP contribution in [0.2, 0.25) is 0 Å². The fourth-order valence-electron chi connectivity index (χ4n) is 5.10. The molecule has 0 bridgehead atoms. The van der Waals surface area contributed by atoms with Crippen molar-refractivity contribution in [2.45, 2.75) is 50.7 Å². The number of methoxy groups -OCH3 is 1. The molecule has 1 aliphatic rings. The summed E-state index contributed by atoms with van der Waals surface area (Å²) in [7, 11) is 1.72. The van der Waals surface area contributed by atoms with Crippen LogP contribution in [-0.4, -0.2) is 36.7 Å². The molecule has 0 spiro atoms. The fourth-order valence-corrected chi connectivity index (χ4v) is 5.10. The Kier molecular flexibility index (Phi) is 6.89. The molecule has 1 fully saturated rings. The fraction of sp³-hybridized carbons (Fsp3) is 0.393. The third kappa shape index (κ3) is 5.31. The van der Waals surface area contributed by atoms with Crippen molar-refractivity contribution in [3.8, 4) is 5.75 Å². The summed E-state index contributed by atoms with van der Waals surface area (Å²) >= 11 is 0. The smallest absolute Gasteiger partial charge is 0.289 e. The summed E-state index contributed by atoms with van der Waals surface area (Å²) in [5.74, 6) is 1.16. The van der Waals surface area contributed by atoms with Crippen molar-refractivity contribution in [1.29, 1.82) is 0 Å². The second kappa shape index (κ2) is 9.84. The average Bonchev–Trinajstić information content (AvgIpc) is 3.36. The van der Waals surface area contributed by atoms with Crippen molar-refractivity contribution in [1.82, 2.24) is 4.90 Å². The molecule has 0 radical (unpaired) electrons. The number of furan rings is 1. The van der Waals surface area contributed by atoms with E-state index in [0.29, 0.717) is 25.5 Å². The lowest BCUT2D eigenvalue weighted by Crippen LogP contribution is -2.46. The lowest BCUT2D eigenvalue weighted by Gasteiger charge is -2.46. The molecule has 0 saturated carbocycles. The first-order valence-electron chi connectivity index (χ1n) is 11.6. The van der Waals surface area contributed by atoms with Gasteiger partial charge in [0.05, 0.1) is 19.0 Å². The maximum Gasteiger partial charge on any atom is 0.289 e. The van der Waals surface area contributed by atoms with Gasteiger partial charge in [0.1, 0.15) is 5.75 Å². The largest absolute Gasteiger partial charge is 0.496 e. The Hall–Kier alpha value is -3.05. The average molecular weight is 448 g/mol. The number of ether oxygens (including phenoxy) is 2. The number of carbonyl (C=O) groups excluding carboxylic acids is 1. The van der Waals surface area contributed by atoms with Gasteiger partial charge in [0.15, 0.2) is 5.76 Å². The highest BCUT2D eigenvalue weighted by molar-refractivity contribution is 5.91. The van der Waals surface area contributed by atoms with Gasteiger partial charge in [-0.1, -0.05) is 48.5 Å². The molecular weight excluding hydrogens is 414 g/mol. The molecule has 1 atom stereocenters. The number of carbonyl (C=O) groups is 1. The number of nitrogens with zero attached hydrogens (tertiary/aromatic N) is 1. The molecule has 0 aliphatic carbocycles. The highest BCUT2D eigenvalue weighted by Crippen LogP contribution is 2.47. The van der Waals surface area contributed by atoms with Crippen LogP contribution in [0.3, 0.4) is 0 Å². The maximum absolute atomic E-state index is 13.4. The molecule has 1 aliphatic heterocycles. The van der Waals surface area contributed by atoms with Crippen molar-refractivity contribution >= 4 is 5.91 Å². The van der Waals surface area contributed by atoms with E-state index < -0.39 is 0 Å². The van der Waals surface area contributed by atoms with E-state index in [0.717, 1.165) is 30.6 Å². The highest BCUT2D eigenvalue weighted by atomic mass is 16.5. The van der Waals surface area contributed by atoms with Gasteiger partial charge < -0.3 is 18.8 Å². The summed E-state index contributed by atoms with van der Waals surface area (Å²) in [6.45, 7) is 6.10. The van der Waals surface area contributed by atoms with Gasteiger partial charge in [-0.2, -0.15) is 0 Å². The predicted molar refractivity (Wildman–Crippen MR) is 128 cm³/mol. The lowest BCUT2D eigenvalue weighted by atomic mass is 9.67. The van der Waals surface area contributed by atoms with Crippen molar-refractivity contribution in [3.05, 3.63) is 89.9 Å². The van der Waals surface area contributed by atoms with Crippen molar-refractivity contribution in [3.63, 3.8) is 0 Å². The molecule has 5 nitrogen and oxygen atoms in total. The van der Waals surface area contributed by atoms with Crippen LogP contribution in [0, 0.1) is 0 Å². The van der Waals surface area contributed by atoms with Crippen LogP contribution in [-0.2, 0) is 16.7 Å². The highest BCUT2D eigenvalue weighted by Gasteiger charge is 2.43. The van der Waals surface area contributed by atoms with Gasteiger partial charge in [0.25, 0.3) is 5.91 Å². The Labute approximate surface area is 196 Å². The standard InChI is InChI=1S/C28H33NO4/c1-27(2)21-28(16-19-33-27,23-12-7-8-13-24(23)31-3)15-17-29(20-22-10-5-4-6-11-22)26(30)25-14-9-18-32-25/h4-14,18H,15-17,19-21H2,1-3H3. The summed E-state index contributed by atoms with van der Waals surface area (Å²) in [6, 6.07) is 21.8. The summed E-state index contributed by atoms with van der Waals surface area (Å²) in [6.07, 6.45) is 4.09. The number of benzene rings is 2. The van der Waals surface area contributed by atoms with E-state index in [1.807, 2.05) is 35.2 Å². The molecule has 0 N–H and O–H groups in total. The predicted octanol–water partition coefficient (Wildman–Crippen LogP) is 5.85. The van der Waals surface area contributed by atoms with Gasteiger partial charge in [-0.05, 0) is 56.9 Å². The summed E-state index contributed by atoms with van der Waals surface area (Å²) in [5, 5.41) is 0. The first-order chi connectivity index (χ1) is 15.9. The lowest BCUT2D eigenvalue weighted by molar-refractivity contribution is -0.0853. The molecule has 3 aromatic rings. The SMILES string of the molecule is COc1ccccc1C1(CCN(Cc2ccccc2)C(=O)c2ccco2)CCOC(C)(C)C1. The molecular formula is C28H33NO4. The van der Waals surface area contributed by atoms with Crippen molar-refractivity contribution in [2.24, 2.45) is 0 Å². The third-order valence-corrected chi connectivity index (χ3v) is 6.61. The van der Waals surface area contributed by atoms with Gasteiger partial charge in [-0.25, -0.2) is 0 Å². The van der Waals surface area contributed by atoms with E-state index in [2.05, 4.69) is 38.1 Å². The molecule has 1 amide bonds. The van der Waals surface area contributed by atoms with Crippen LogP contribution < -0.4 is 4.74 Å². The molecule has 33 heavy (non-hydrogen) atoms. The van der Waals surface area contributed by atoms with E-state index in [9.17, 15) is 4.79 Å². The van der Waals surface area contributed by atoms with Crippen LogP contribution in [0.1, 0.15) is 54.8 Å². The minimum atomic E-state index is -0.256. The molecule has 1 aromatic heterocycles. The van der Waals surface area contributed by atoms with Gasteiger partial charge in [0, 0.05) is 30.7 Å². The number of hydrogen-bond donors (Lipinski definition) is 0. The first-order valence-corrected chi connectivity index (χ1v) is 11.6. The molecule has 1 unspecified atom stereocenters. The summed E-state index contributed by atoms with van der Waals surface area (Å²) in [5.41, 5.74) is 1.87. The molecule has 5 heteroatoms. The second-order valence-electron chi connectivity index (χ2n) is 9.46. The molecule has 2 heterocycles. The first kappa shape index (κ1) is 23.1. The normalized spacial score (nSPS) is 19.7. The number of para-hydroxylation sites is 1. The van der Waals surface area contributed by atoms with Crippen LogP contribution in [0.4, 0.5) is 0 Å². The topological polar surface area (TPSA) is 51.9 Å². The second-order valence-corrected chi connectivity index (χ2v) is 9.46. The van der Waals surface area contributed by atoms with Crippen molar-refractivity contribution < 1.29 is 18.7 Å². The summed E-state index contributed by atoms with van der Waals surface area (Å²) in [4.78, 5) is 15.3. The van der Waals surface area contributed by atoms with E-state index in [1.165, 1.54) is 5.56 Å². The van der Waals surface area contributed by atoms with E-state index in [-0.39, 0.29) is 16.9 Å². The molecule has 174 valence electrons. The Bertz CT molecular complexity index is 1040. The van der Waals surface area contributed by atoms with Gasteiger partial charge >= 0.3 is 0 Å². The minimum Gasteiger partial charge on any atom is -0.496 e. The monoisotopic (exact) mass is 447 g/mol. The van der Waals surface area contributed by atoms with Gasteiger partial charge in [0.2, 0.25) is 0 Å². The Morgan fingerprint density at radius 2 is 1.79 bits per heavy atom. The Balaban J connectivity index is 1.65. The van der Waals surface area contributed by atoms with Gasteiger partial charge in [-0.15, -0.1) is 0 Å². The third-order valence-electron chi connectivity index (χ3n) is 6.61. The number of rotatable bonds is 8. The Morgan fingerprint density at radius 1 is 1.03 bits per heavy atom. The quantitative estimate of drug-likeness (QED) is 0.435. The van der Waals surface area contributed by atoms with E-state index in [4.69, 9.17) is 13.9 Å². The molecule has 2 aromatic carbocycles. The van der Waals surface area contributed by atoms with Crippen molar-refractivity contribution in [2.75, 3.05) is 20.3 Å². The van der Waals surface area contributed by atoms with Crippen LogP contribution in [0.15, 0.2) is 77.4 Å². The molecule has 4 rings (SSSR count). The van der Waals surface area contributed by atoms with E-state index >= 15 is 0 Å².